The highest BCUT2D eigenvalue weighted by atomic mass is 35.5. The van der Waals surface area contributed by atoms with Gasteiger partial charge < -0.3 is 20.1 Å². The molecule has 0 radical (unpaired) electrons. The van der Waals surface area contributed by atoms with Crippen molar-refractivity contribution in [3.8, 4) is 23.0 Å². The second-order valence-electron chi connectivity index (χ2n) is 4.73. The number of ether oxygens (including phenoxy) is 1. The van der Waals surface area contributed by atoms with Gasteiger partial charge >= 0.3 is 0 Å². The van der Waals surface area contributed by atoms with Gasteiger partial charge in [-0.05, 0) is 41.8 Å². The first kappa shape index (κ1) is 16.0. The van der Waals surface area contributed by atoms with Crippen molar-refractivity contribution in [2.75, 3.05) is 12.5 Å². The van der Waals surface area contributed by atoms with Gasteiger partial charge in [0.1, 0.15) is 11.5 Å². The predicted octanol–water partition coefficient (Wildman–Crippen LogP) is 3.98. The first-order chi connectivity index (χ1) is 10.6. The number of alkyl halides is 1. The molecule has 5 heteroatoms. The number of hydrogen-bond donors (Lipinski definition) is 3. The molecule has 0 fully saturated rings. The van der Waals surface area contributed by atoms with Gasteiger partial charge in [0, 0.05) is 11.9 Å². The zero-order chi connectivity index (χ0) is 15.9. The van der Waals surface area contributed by atoms with Gasteiger partial charge in [-0.2, -0.15) is 0 Å². The van der Waals surface area contributed by atoms with E-state index >= 15 is 0 Å². The minimum absolute atomic E-state index is 0.00876. The average Bonchev–Trinajstić information content (AvgIpc) is 2.46. The van der Waals surface area contributed by atoms with Crippen LogP contribution in [0.15, 0.2) is 36.4 Å². The molecule has 0 aliphatic carbocycles. The molecule has 0 aromatic heterocycles. The third kappa shape index (κ3) is 4.60. The van der Waals surface area contributed by atoms with Crippen molar-refractivity contribution in [2.24, 2.45) is 0 Å². The Hall–Kier alpha value is -2.33. The third-order valence-corrected chi connectivity index (χ3v) is 3.18. The van der Waals surface area contributed by atoms with E-state index in [4.69, 9.17) is 16.3 Å². The minimum atomic E-state index is -0.00876. The zero-order valence-corrected chi connectivity index (χ0v) is 12.6. The molecule has 2 aromatic carbocycles. The maximum Gasteiger partial charge on any atom is 0.160 e. The SMILES string of the molecule is Oc1cc(O)cc(/C=C/c2ccc(OCCCCl)c(O)c2)c1. The van der Waals surface area contributed by atoms with E-state index in [9.17, 15) is 15.3 Å². The lowest BCUT2D eigenvalue weighted by molar-refractivity contribution is 0.300. The molecular weight excluding hydrogens is 304 g/mol. The maximum absolute atomic E-state index is 9.90. The van der Waals surface area contributed by atoms with Crippen LogP contribution in [-0.4, -0.2) is 27.8 Å². The quantitative estimate of drug-likeness (QED) is 0.428. The standard InChI is InChI=1S/C17H17ClO4/c18-6-1-7-22-17-5-4-12(10-16(17)21)2-3-13-8-14(19)11-15(20)9-13/h2-5,8-11,19-21H,1,6-7H2/b3-2+. The monoisotopic (exact) mass is 320 g/mol. The molecule has 0 bridgehead atoms. The molecule has 0 saturated heterocycles. The summed E-state index contributed by atoms with van der Waals surface area (Å²) in [6.45, 7) is 0.453. The topological polar surface area (TPSA) is 69.9 Å². The highest BCUT2D eigenvalue weighted by Gasteiger charge is 2.03. The fourth-order valence-electron chi connectivity index (χ4n) is 1.90. The molecule has 0 aliphatic rings. The Balaban J connectivity index is 2.09. The molecule has 0 saturated carbocycles. The number of rotatable bonds is 6. The summed E-state index contributed by atoms with van der Waals surface area (Å²) < 4.78 is 5.40. The van der Waals surface area contributed by atoms with Crippen LogP contribution in [0.2, 0.25) is 0 Å². The van der Waals surface area contributed by atoms with Crippen molar-refractivity contribution in [3.05, 3.63) is 47.5 Å². The number of aromatic hydroxyl groups is 3. The van der Waals surface area contributed by atoms with Crippen molar-refractivity contribution in [2.45, 2.75) is 6.42 Å². The molecule has 0 spiro atoms. The highest BCUT2D eigenvalue weighted by Crippen LogP contribution is 2.28. The predicted molar refractivity (Wildman–Crippen MR) is 87.6 cm³/mol. The smallest absolute Gasteiger partial charge is 0.160 e. The number of phenols is 3. The second kappa shape index (κ2) is 7.61. The fraction of sp³-hybridized carbons (Fsp3) is 0.176. The van der Waals surface area contributed by atoms with Gasteiger partial charge in [-0.1, -0.05) is 18.2 Å². The molecule has 22 heavy (non-hydrogen) atoms. The van der Waals surface area contributed by atoms with Gasteiger partial charge in [-0.15, -0.1) is 11.6 Å². The van der Waals surface area contributed by atoms with E-state index in [1.165, 1.54) is 18.2 Å². The van der Waals surface area contributed by atoms with Crippen molar-refractivity contribution in [3.63, 3.8) is 0 Å². The maximum atomic E-state index is 9.90. The van der Waals surface area contributed by atoms with E-state index < -0.39 is 0 Å². The summed E-state index contributed by atoms with van der Waals surface area (Å²) in [7, 11) is 0. The van der Waals surface area contributed by atoms with E-state index in [1.807, 2.05) is 0 Å². The lowest BCUT2D eigenvalue weighted by Crippen LogP contribution is -1.97. The molecule has 2 rings (SSSR count). The van der Waals surface area contributed by atoms with E-state index in [0.717, 1.165) is 5.56 Å². The van der Waals surface area contributed by atoms with E-state index in [0.29, 0.717) is 30.2 Å². The Kier molecular flexibility index (Phi) is 5.55. The van der Waals surface area contributed by atoms with Crippen molar-refractivity contribution in [1.29, 1.82) is 0 Å². The van der Waals surface area contributed by atoms with E-state index in [-0.39, 0.29) is 17.2 Å². The molecule has 0 atom stereocenters. The number of benzene rings is 2. The molecule has 0 unspecified atom stereocenters. The Labute approximate surface area is 133 Å². The molecular formula is C17H17ClO4. The lowest BCUT2D eigenvalue weighted by Gasteiger charge is -2.07. The summed E-state index contributed by atoms with van der Waals surface area (Å²) >= 11 is 5.57. The fourth-order valence-corrected chi connectivity index (χ4v) is 2.01. The van der Waals surface area contributed by atoms with Gasteiger partial charge in [-0.3, -0.25) is 0 Å². The Morgan fingerprint density at radius 3 is 2.23 bits per heavy atom. The van der Waals surface area contributed by atoms with Crippen LogP contribution in [0.4, 0.5) is 0 Å². The van der Waals surface area contributed by atoms with Crippen LogP contribution in [0.5, 0.6) is 23.0 Å². The van der Waals surface area contributed by atoms with Crippen molar-refractivity contribution < 1.29 is 20.1 Å². The summed E-state index contributed by atoms with van der Waals surface area (Å²) in [5.41, 5.74) is 1.42. The van der Waals surface area contributed by atoms with Gasteiger partial charge in [0.2, 0.25) is 0 Å². The molecule has 116 valence electrons. The summed E-state index contributed by atoms with van der Waals surface area (Å²) in [5, 5.41) is 28.7. The molecule has 2 aromatic rings. The van der Waals surface area contributed by atoms with E-state index in [1.54, 1.807) is 30.4 Å². The largest absolute Gasteiger partial charge is 0.508 e. The number of hydrogen-bond acceptors (Lipinski definition) is 4. The molecule has 0 aliphatic heterocycles. The summed E-state index contributed by atoms with van der Waals surface area (Å²) in [6.07, 6.45) is 4.20. The van der Waals surface area contributed by atoms with Crippen LogP contribution in [0.3, 0.4) is 0 Å². The zero-order valence-electron chi connectivity index (χ0n) is 11.9. The van der Waals surface area contributed by atoms with Crippen molar-refractivity contribution >= 4 is 23.8 Å². The average molecular weight is 321 g/mol. The van der Waals surface area contributed by atoms with Crippen LogP contribution in [0.25, 0.3) is 12.2 Å². The molecule has 0 amide bonds. The summed E-state index contributed by atoms with van der Waals surface area (Å²) in [6, 6.07) is 9.38. The van der Waals surface area contributed by atoms with E-state index in [2.05, 4.69) is 0 Å². The van der Waals surface area contributed by atoms with Gasteiger partial charge in [-0.25, -0.2) is 0 Å². The van der Waals surface area contributed by atoms with Crippen LogP contribution in [0.1, 0.15) is 17.5 Å². The van der Waals surface area contributed by atoms with Gasteiger partial charge in [0.15, 0.2) is 11.5 Å². The Morgan fingerprint density at radius 1 is 0.909 bits per heavy atom. The van der Waals surface area contributed by atoms with Crippen LogP contribution < -0.4 is 4.74 Å². The number of halogens is 1. The van der Waals surface area contributed by atoms with Crippen molar-refractivity contribution in [1.82, 2.24) is 0 Å². The number of phenolic OH excluding ortho intramolecular Hbond substituents is 3. The summed E-state index contributed by atoms with van der Waals surface area (Å²) in [5.74, 6) is 0.960. The molecule has 0 heterocycles. The first-order valence-corrected chi connectivity index (χ1v) is 7.35. The minimum Gasteiger partial charge on any atom is -0.508 e. The van der Waals surface area contributed by atoms with Crippen LogP contribution in [-0.2, 0) is 0 Å². The van der Waals surface area contributed by atoms with Gasteiger partial charge in [0.05, 0.1) is 6.61 Å². The third-order valence-electron chi connectivity index (χ3n) is 2.91. The molecule has 3 N–H and O–H groups in total. The van der Waals surface area contributed by atoms with Crippen LogP contribution >= 0.6 is 11.6 Å². The van der Waals surface area contributed by atoms with Crippen LogP contribution in [0, 0.1) is 0 Å². The summed E-state index contributed by atoms with van der Waals surface area (Å²) in [4.78, 5) is 0. The lowest BCUT2D eigenvalue weighted by atomic mass is 10.1. The normalized spacial score (nSPS) is 11.0. The first-order valence-electron chi connectivity index (χ1n) is 6.81. The van der Waals surface area contributed by atoms with Gasteiger partial charge in [0.25, 0.3) is 0 Å². The highest BCUT2D eigenvalue weighted by molar-refractivity contribution is 6.17. The Morgan fingerprint density at radius 2 is 1.59 bits per heavy atom. The Bertz CT molecular complexity index is 647. The molecule has 4 nitrogen and oxygen atoms in total. The second-order valence-corrected chi connectivity index (χ2v) is 5.11.